The summed E-state index contributed by atoms with van der Waals surface area (Å²) in [5, 5.41) is 2.57. The van der Waals surface area contributed by atoms with Gasteiger partial charge in [0.2, 0.25) is 0 Å². The molecule has 1 heterocycles. The molecule has 0 amide bonds. The number of esters is 1. The molecular weight excluding hydrogens is 212 g/mol. The van der Waals surface area contributed by atoms with Gasteiger partial charge in [0.05, 0.1) is 7.11 Å². The topological polar surface area (TPSA) is 42.4 Å². The molecule has 0 radical (unpaired) electrons. The molecule has 0 saturated heterocycles. The van der Waals surface area contributed by atoms with Gasteiger partial charge in [0.15, 0.2) is 10.8 Å². The monoisotopic (exact) mass is 228 g/mol. The number of thiazole rings is 1. The number of hydrogen-bond acceptors (Lipinski definition) is 5. The molecule has 0 aromatic carbocycles. The molecule has 5 heteroatoms. The van der Waals surface area contributed by atoms with Gasteiger partial charge in [-0.3, -0.25) is 0 Å². The zero-order chi connectivity index (χ0) is 11.4. The number of nitrogens with zero attached hydrogens (tertiary/aromatic N) is 2. The van der Waals surface area contributed by atoms with E-state index in [4.69, 9.17) is 0 Å². The van der Waals surface area contributed by atoms with E-state index in [0.717, 1.165) is 11.6 Å². The number of carbonyl (C=O) groups excluding carboxylic acids is 1. The van der Waals surface area contributed by atoms with Crippen LogP contribution in [0.5, 0.6) is 0 Å². The highest BCUT2D eigenvalue weighted by Crippen LogP contribution is 2.22. The first-order chi connectivity index (χ1) is 7.10. The molecular formula is C10H16N2O2S. The molecule has 0 bridgehead atoms. The summed E-state index contributed by atoms with van der Waals surface area (Å²) in [6.07, 6.45) is 1.05. The molecule has 1 atom stereocenters. The first kappa shape index (κ1) is 12.0. The minimum atomic E-state index is -0.380. The van der Waals surface area contributed by atoms with Gasteiger partial charge in [0.1, 0.15) is 0 Å². The van der Waals surface area contributed by atoms with E-state index in [1.54, 1.807) is 5.38 Å². The van der Waals surface area contributed by atoms with E-state index in [1.807, 2.05) is 7.05 Å². The Bertz CT molecular complexity index is 338. The van der Waals surface area contributed by atoms with E-state index in [-0.39, 0.29) is 5.97 Å². The molecule has 0 N–H and O–H groups in total. The molecule has 0 saturated carbocycles. The number of ether oxygens (including phenoxy) is 1. The Morgan fingerprint density at radius 3 is 2.93 bits per heavy atom. The van der Waals surface area contributed by atoms with Gasteiger partial charge in [-0.15, -0.1) is 11.3 Å². The number of anilines is 1. The summed E-state index contributed by atoms with van der Waals surface area (Å²) in [5.41, 5.74) is 0.382. The fourth-order valence-electron chi connectivity index (χ4n) is 1.09. The van der Waals surface area contributed by atoms with Crippen LogP contribution in [0.15, 0.2) is 5.38 Å². The van der Waals surface area contributed by atoms with Crippen molar-refractivity contribution >= 4 is 22.4 Å². The van der Waals surface area contributed by atoms with Gasteiger partial charge in [-0.05, 0) is 13.3 Å². The van der Waals surface area contributed by atoms with Crippen LogP contribution in [0.1, 0.15) is 30.8 Å². The van der Waals surface area contributed by atoms with E-state index in [0.29, 0.717) is 11.7 Å². The van der Waals surface area contributed by atoms with Crippen molar-refractivity contribution in [1.82, 2.24) is 4.98 Å². The fourth-order valence-corrected chi connectivity index (χ4v) is 1.95. The Morgan fingerprint density at radius 1 is 1.73 bits per heavy atom. The lowest BCUT2D eigenvalue weighted by Crippen LogP contribution is -2.27. The maximum Gasteiger partial charge on any atom is 0.357 e. The maximum absolute atomic E-state index is 11.2. The zero-order valence-corrected chi connectivity index (χ0v) is 10.3. The Labute approximate surface area is 93.9 Å². The van der Waals surface area contributed by atoms with Crippen molar-refractivity contribution in [3.63, 3.8) is 0 Å². The van der Waals surface area contributed by atoms with Crippen molar-refractivity contribution < 1.29 is 9.53 Å². The SMILES string of the molecule is CCC(C)N(C)c1nc(C(=O)OC)cs1. The number of carbonyl (C=O) groups is 1. The van der Waals surface area contributed by atoms with Gasteiger partial charge in [-0.2, -0.15) is 0 Å². The van der Waals surface area contributed by atoms with E-state index < -0.39 is 0 Å². The van der Waals surface area contributed by atoms with Crippen molar-refractivity contribution in [3.8, 4) is 0 Å². The van der Waals surface area contributed by atoms with Crippen LogP contribution >= 0.6 is 11.3 Å². The molecule has 0 fully saturated rings. The minimum absolute atomic E-state index is 0.380. The van der Waals surface area contributed by atoms with Crippen molar-refractivity contribution in [2.45, 2.75) is 26.3 Å². The minimum Gasteiger partial charge on any atom is -0.464 e. The van der Waals surface area contributed by atoms with Crippen LogP contribution in [-0.2, 0) is 4.74 Å². The van der Waals surface area contributed by atoms with Crippen LogP contribution in [0.25, 0.3) is 0 Å². The van der Waals surface area contributed by atoms with Gasteiger partial charge >= 0.3 is 5.97 Å². The molecule has 0 aliphatic rings. The number of rotatable bonds is 4. The molecule has 1 aromatic heterocycles. The quantitative estimate of drug-likeness (QED) is 0.741. The zero-order valence-electron chi connectivity index (χ0n) is 9.48. The summed E-state index contributed by atoms with van der Waals surface area (Å²) in [6, 6.07) is 0.418. The summed E-state index contributed by atoms with van der Waals surface area (Å²) >= 11 is 1.46. The standard InChI is InChI=1S/C10H16N2O2S/c1-5-7(2)12(3)10-11-8(6-15-10)9(13)14-4/h6-7H,5H2,1-4H3. The molecule has 1 aromatic rings. The molecule has 15 heavy (non-hydrogen) atoms. The largest absolute Gasteiger partial charge is 0.464 e. The van der Waals surface area contributed by atoms with Crippen LogP contribution in [0, 0.1) is 0 Å². The Balaban J connectivity index is 2.79. The lowest BCUT2D eigenvalue weighted by Gasteiger charge is -2.22. The highest BCUT2D eigenvalue weighted by atomic mass is 32.1. The summed E-state index contributed by atoms with van der Waals surface area (Å²) in [4.78, 5) is 17.5. The van der Waals surface area contributed by atoms with E-state index in [9.17, 15) is 4.79 Å². The normalized spacial score (nSPS) is 12.3. The first-order valence-corrected chi connectivity index (χ1v) is 5.74. The summed E-state index contributed by atoms with van der Waals surface area (Å²) in [5.74, 6) is -0.380. The van der Waals surface area contributed by atoms with E-state index in [1.165, 1.54) is 18.4 Å². The number of hydrogen-bond donors (Lipinski definition) is 0. The molecule has 0 aliphatic heterocycles. The predicted octanol–water partition coefficient (Wildman–Crippen LogP) is 2.16. The summed E-state index contributed by atoms with van der Waals surface area (Å²) in [7, 11) is 3.34. The second-order valence-corrected chi connectivity index (χ2v) is 4.21. The number of methoxy groups -OCH3 is 1. The lowest BCUT2D eigenvalue weighted by molar-refractivity contribution is 0.0595. The summed E-state index contributed by atoms with van der Waals surface area (Å²) in [6.45, 7) is 4.25. The second-order valence-electron chi connectivity index (χ2n) is 3.38. The van der Waals surface area contributed by atoms with Crippen molar-refractivity contribution in [1.29, 1.82) is 0 Å². The highest BCUT2D eigenvalue weighted by Gasteiger charge is 2.15. The predicted molar refractivity (Wildman–Crippen MR) is 61.6 cm³/mol. The van der Waals surface area contributed by atoms with Gasteiger partial charge in [0.25, 0.3) is 0 Å². The molecule has 0 aliphatic carbocycles. The third-order valence-electron chi connectivity index (χ3n) is 2.44. The van der Waals surface area contributed by atoms with Crippen LogP contribution in [0.3, 0.4) is 0 Å². The Morgan fingerprint density at radius 2 is 2.40 bits per heavy atom. The highest BCUT2D eigenvalue weighted by molar-refractivity contribution is 7.13. The van der Waals surface area contributed by atoms with E-state index in [2.05, 4.69) is 28.5 Å². The molecule has 84 valence electrons. The third kappa shape index (κ3) is 2.68. The molecule has 0 spiro atoms. The van der Waals surface area contributed by atoms with E-state index >= 15 is 0 Å². The van der Waals surface area contributed by atoms with Crippen LogP contribution < -0.4 is 4.90 Å². The average Bonchev–Trinajstić information content (AvgIpc) is 2.75. The first-order valence-electron chi connectivity index (χ1n) is 4.86. The van der Waals surface area contributed by atoms with Crippen LogP contribution in [0.4, 0.5) is 5.13 Å². The average molecular weight is 228 g/mol. The second kappa shape index (κ2) is 5.11. The maximum atomic E-state index is 11.2. The van der Waals surface area contributed by atoms with Crippen LogP contribution in [0.2, 0.25) is 0 Å². The van der Waals surface area contributed by atoms with Gasteiger partial charge in [0, 0.05) is 18.5 Å². The molecule has 4 nitrogen and oxygen atoms in total. The van der Waals surface area contributed by atoms with Crippen LogP contribution in [-0.4, -0.2) is 31.2 Å². The lowest BCUT2D eigenvalue weighted by atomic mass is 10.2. The van der Waals surface area contributed by atoms with Crippen molar-refractivity contribution in [2.75, 3.05) is 19.1 Å². The fraction of sp³-hybridized carbons (Fsp3) is 0.600. The van der Waals surface area contributed by atoms with Gasteiger partial charge in [-0.1, -0.05) is 6.92 Å². The summed E-state index contributed by atoms with van der Waals surface area (Å²) < 4.78 is 4.60. The van der Waals surface area contributed by atoms with Crippen molar-refractivity contribution in [3.05, 3.63) is 11.1 Å². The molecule has 1 unspecified atom stereocenters. The van der Waals surface area contributed by atoms with Gasteiger partial charge in [-0.25, -0.2) is 9.78 Å². The third-order valence-corrected chi connectivity index (χ3v) is 3.37. The van der Waals surface area contributed by atoms with Gasteiger partial charge < -0.3 is 9.64 Å². The molecule has 1 rings (SSSR count). The number of aromatic nitrogens is 1. The Kier molecular flexibility index (Phi) is 4.08. The van der Waals surface area contributed by atoms with Crippen molar-refractivity contribution in [2.24, 2.45) is 0 Å². The smallest absolute Gasteiger partial charge is 0.357 e. The Hall–Kier alpha value is -1.10.